The third kappa shape index (κ3) is 1.76. The molecule has 0 radical (unpaired) electrons. The zero-order chi connectivity index (χ0) is 15.1. The Morgan fingerprint density at radius 1 is 0.955 bits per heavy atom. The van der Waals surface area contributed by atoms with Crippen LogP contribution in [0.15, 0.2) is 66.3 Å². The van der Waals surface area contributed by atoms with Gasteiger partial charge in [-0.25, -0.2) is 0 Å². The summed E-state index contributed by atoms with van der Waals surface area (Å²) in [5.41, 5.74) is 5.15. The van der Waals surface area contributed by atoms with Crippen LogP contribution in [0.3, 0.4) is 0 Å². The molecule has 2 aromatic carbocycles. The van der Waals surface area contributed by atoms with Crippen LogP contribution in [-0.4, -0.2) is 10.9 Å². The van der Waals surface area contributed by atoms with E-state index < -0.39 is 0 Å². The topological polar surface area (TPSA) is 33.2 Å². The van der Waals surface area contributed by atoms with Crippen molar-refractivity contribution in [3.05, 3.63) is 77.5 Å². The third-order valence-corrected chi connectivity index (χ3v) is 4.04. The van der Waals surface area contributed by atoms with Crippen molar-refractivity contribution < 1.29 is 4.79 Å². The lowest BCUT2D eigenvalue weighted by atomic mass is 10.1. The predicted octanol–water partition coefficient (Wildman–Crippen LogP) is 4.43. The first-order valence-corrected chi connectivity index (χ1v) is 7.33. The Morgan fingerprint density at radius 2 is 1.73 bits per heavy atom. The number of carbonyl (C=O) groups excluding carboxylic acids is 1. The van der Waals surface area contributed by atoms with Gasteiger partial charge < -0.3 is 0 Å². The van der Waals surface area contributed by atoms with Crippen LogP contribution >= 0.6 is 11.6 Å². The van der Waals surface area contributed by atoms with Gasteiger partial charge in [-0.2, -0.15) is 0 Å². The fourth-order valence-electron chi connectivity index (χ4n) is 2.86. The van der Waals surface area contributed by atoms with E-state index >= 15 is 0 Å². The molecule has 4 heteroatoms. The lowest BCUT2D eigenvalue weighted by molar-refractivity contribution is 0.101. The van der Waals surface area contributed by atoms with Gasteiger partial charge in [-0.05, 0) is 18.2 Å². The summed E-state index contributed by atoms with van der Waals surface area (Å²) >= 11 is 6.02. The lowest BCUT2D eigenvalue weighted by Gasteiger charge is -2.19. The molecule has 0 N–H and O–H groups in total. The molecule has 0 atom stereocenters. The quantitative estimate of drug-likeness (QED) is 0.666. The van der Waals surface area contributed by atoms with Gasteiger partial charge in [0.2, 0.25) is 0 Å². The number of aromatic nitrogens is 1. The third-order valence-electron chi connectivity index (χ3n) is 3.83. The van der Waals surface area contributed by atoms with Crippen molar-refractivity contribution in [3.8, 4) is 0 Å². The van der Waals surface area contributed by atoms with E-state index in [0.29, 0.717) is 11.3 Å². The largest absolute Gasteiger partial charge is 0.273 e. The highest BCUT2D eigenvalue weighted by molar-refractivity contribution is 6.33. The lowest BCUT2D eigenvalue weighted by Crippen LogP contribution is -2.22. The number of rotatable bonds is 1. The van der Waals surface area contributed by atoms with E-state index in [4.69, 9.17) is 11.6 Å². The molecule has 0 saturated heterocycles. The highest BCUT2D eigenvalue weighted by atomic mass is 35.5. The molecule has 1 aliphatic rings. The van der Waals surface area contributed by atoms with E-state index in [1.54, 1.807) is 11.1 Å². The summed E-state index contributed by atoms with van der Waals surface area (Å²) in [4.78, 5) is 18.9. The van der Waals surface area contributed by atoms with Gasteiger partial charge in [0.1, 0.15) is 0 Å². The minimum Gasteiger partial charge on any atom is -0.273 e. The van der Waals surface area contributed by atoms with Gasteiger partial charge in [-0.1, -0.05) is 48.0 Å². The van der Waals surface area contributed by atoms with E-state index in [1.807, 2.05) is 54.6 Å². The summed E-state index contributed by atoms with van der Waals surface area (Å²) < 4.78 is 0. The number of hydrogen-bond donors (Lipinski definition) is 0. The zero-order valence-electron chi connectivity index (χ0n) is 11.5. The molecule has 2 heterocycles. The SMILES string of the molecule is O=C1c2ccccc2C(=CCl)N1c1cccc2cccnc12. The summed E-state index contributed by atoms with van der Waals surface area (Å²) in [5.74, 6) is -0.0827. The molecule has 0 unspecified atom stereocenters. The number of para-hydroxylation sites is 1. The number of fused-ring (bicyclic) bond motifs is 2. The van der Waals surface area contributed by atoms with Crippen molar-refractivity contribution >= 4 is 39.8 Å². The average Bonchev–Trinajstić information content (AvgIpc) is 2.87. The monoisotopic (exact) mass is 306 g/mol. The number of anilines is 1. The summed E-state index contributed by atoms with van der Waals surface area (Å²) in [6.07, 6.45) is 1.73. The van der Waals surface area contributed by atoms with Crippen LogP contribution in [0.25, 0.3) is 16.6 Å². The van der Waals surface area contributed by atoms with Crippen LogP contribution in [0.5, 0.6) is 0 Å². The molecule has 106 valence electrons. The van der Waals surface area contributed by atoms with Crippen LogP contribution in [-0.2, 0) is 0 Å². The highest BCUT2D eigenvalue weighted by Gasteiger charge is 2.33. The molecule has 0 aliphatic carbocycles. The molecule has 3 nitrogen and oxygen atoms in total. The maximum absolute atomic E-state index is 12.8. The Morgan fingerprint density at radius 3 is 2.55 bits per heavy atom. The van der Waals surface area contributed by atoms with Gasteiger partial charge in [0, 0.05) is 28.2 Å². The Labute approximate surface area is 132 Å². The Balaban J connectivity index is 1.98. The fourth-order valence-corrected chi connectivity index (χ4v) is 3.07. The first kappa shape index (κ1) is 13.0. The minimum absolute atomic E-state index is 0.0827. The van der Waals surface area contributed by atoms with E-state index in [1.165, 1.54) is 5.54 Å². The zero-order valence-corrected chi connectivity index (χ0v) is 12.3. The number of carbonyl (C=O) groups is 1. The van der Waals surface area contributed by atoms with Crippen LogP contribution in [0.2, 0.25) is 0 Å². The van der Waals surface area contributed by atoms with Crippen molar-refractivity contribution in [2.24, 2.45) is 0 Å². The van der Waals surface area contributed by atoms with Crippen molar-refractivity contribution in [3.63, 3.8) is 0 Å². The summed E-state index contributed by atoms with van der Waals surface area (Å²) in [6.45, 7) is 0. The molecule has 0 fully saturated rings. The van der Waals surface area contributed by atoms with E-state index in [9.17, 15) is 4.79 Å². The molecule has 1 amide bonds. The number of halogens is 1. The average molecular weight is 307 g/mol. The van der Waals surface area contributed by atoms with Gasteiger partial charge >= 0.3 is 0 Å². The molecule has 22 heavy (non-hydrogen) atoms. The Hall–Kier alpha value is -2.65. The molecular weight excluding hydrogens is 296 g/mol. The fraction of sp³-hybridized carbons (Fsp3) is 0. The van der Waals surface area contributed by atoms with Crippen LogP contribution in [0.1, 0.15) is 15.9 Å². The molecule has 1 aliphatic heterocycles. The number of nitrogens with zero attached hydrogens (tertiary/aromatic N) is 2. The summed E-state index contributed by atoms with van der Waals surface area (Å²) in [6, 6.07) is 17.1. The number of amides is 1. The van der Waals surface area contributed by atoms with Crippen LogP contribution < -0.4 is 4.90 Å². The van der Waals surface area contributed by atoms with Gasteiger partial charge in [-0.3, -0.25) is 14.7 Å². The molecule has 0 saturated carbocycles. The highest BCUT2D eigenvalue weighted by Crippen LogP contribution is 2.39. The van der Waals surface area contributed by atoms with Gasteiger partial charge in [0.05, 0.1) is 16.9 Å². The minimum atomic E-state index is -0.0827. The van der Waals surface area contributed by atoms with Gasteiger partial charge in [-0.15, -0.1) is 0 Å². The van der Waals surface area contributed by atoms with Gasteiger partial charge in [0.15, 0.2) is 0 Å². The van der Waals surface area contributed by atoms with Crippen molar-refractivity contribution in [1.82, 2.24) is 4.98 Å². The van der Waals surface area contributed by atoms with Crippen LogP contribution in [0.4, 0.5) is 5.69 Å². The van der Waals surface area contributed by atoms with E-state index in [2.05, 4.69) is 4.98 Å². The molecule has 3 aromatic rings. The van der Waals surface area contributed by atoms with Gasteiger partial charge in [0.25, 0.3) is 5.91 Å². The second-order valence-corrected chi connectivity index (χ2v) is 5.25. The van der Waals surface area contributed by atoms with E-state index in [-0.39, 0.29) is 5.91 Å². The number of pyridine rings is 1. The molecule has 0 spiro atoms. The molecule has 4 rings (SSSR count). The number of hydrogen-bond acceptors (Lipinski definition) is 2. The van der Waals surface area contributed by atoms with Crippen molar-refractivity contribution in [1.29, 1.82) is 0 Å². The summed E-state index contributed by atoms with van der Waals surface area (Å²) in [7, 11) is 0. The molecule has 0 bridgehead atoms. The normalized spacial score (nSPS) is 15.6. The Bertz CT molecular complexity index is 928. The maximum Gasteiger partial charge on any atom is 0.263 e. The molecular formula is C18H11ClN2O. The second-order valence-electron chi connectivity index (χ2n) is 5.03. The Kier molecular flexibility index (Phi) is 2.94. The second kappa shape index (κ2) is 4.97. The van der Waals surface area contributed by atoms with Crippen LogP contribution in [0, 0.1) is 0 Å². The summed E-state index contributed by atoms with van der Waals surface area (Å²) in [5, 5.41) is 0.984. The van der Waals surface area contributed by atoms with Crippen molar-refractivity contribution in [2.75, 3.05) is 4.90 Å². The standard InChI is InChI=1S/C18H11ClN2O/c19-11-16-13-7-1-2-8-14(13)18(22)21(16)15-9-3-5-12-6-4-10-20-17(12)15/h1-11H. The number of benzene rings is 2. The first-order valence-electron chi connectivity index (χ1n) is 6.89. The predicted molar refractivity (Wildman–Crippen MR) is 88.8 cm³/mol. The van der Waals surface area contributed by atoms with Crippen molar-refractivity contribution in [2.45, 2.75) is 0 Å². The maximum atomic E-state index is 12.8. The molecule has 1 aromatic heterocycles. The first-order chi connectivity index (χ1) is 10.8. The van der Waals surface area contributed by atoms with E-state index in [0.717, 1.165) is 22.2 Å². The smallest absolute Gasteiger partial charge is 0.263 e.